The lowest BCUT2D eigenvalue weighted by molar-refractivity contribution is 0.202. The first-order chi connectivity index (χ1) is 8.86. The number of rotatable bonds is 5. The Bertz CT molecular complexity index is 404. The molecule has 1 aromatic rings. The van der Waals surface area contributed by atoms with Crippen molar-refractivity contribution in [3.63, 3.8) is 0 Å². The Morgan fingerprint density at radius 2 is 2.39 bits per heavy atom. The molecular formula is C15H23N3. The number of hydrogen-bond acceptors (Lipinski definition) is 3. The molecule has 1 aliphatic carbocycles. The third-order valence-corrected chi connectivity index (χ3v) is 4.43. The van der Waals surface area contributed by atoms with Gasteiger partial charge in [-0.15, -0.1) is 0 Å². The van der Waals surface area contributed by atoms with Crippen LogP contribution < -0.4 is 5.32 Å². The van der Waals surface area contributed by atoms with E-state index in [1.165, 1.54) is 37.1 Å². The number of fused-ring (bicyclic) bond motifs is 2. The molecule has 98 valence electrons. The second kappa shape index (κ2) is 5.37. The van der Waals surface area contributed by atoms with Crippen molar-refractivity contribution in [2.24, 2.45) is 5.92 Å². The highest BCUT2D eigenvalue weighted by molar-refractivity contribution is 5.20. The monoisotopic (exact) mass is 245 g/mol. The van der Waals surface area contributed by atoms with Crippen LogP contribution in [-0.2, 0) is 13.1 Å². The van der Waals surface area contributed by atoms with Gasteiger partial charge in [-0.05, 0) is 43.4 Å². The first-order valence-electron chi connectivity index (χ1n) is 7.24. The predicted molar refractivity (Wildman–Crippen MR) is 73.2 cm³/mol. The van der Waals surface area contributed by atoms with Gasteiger partial charge in [0.05, 0.1) is 5.69 Å². The quantitative estimate of drug-likeness (QED) is 0.862. The Kier molecular flexibility index (Phi) is 3.62. The Labute approximate surface area is 110 Å². The molecule has 1 saturated heterocycles. The van der Waals surface area contributed by atoms with E-state index in [2.05, 4.69) is 28.2 Å². The fourth-order valence-electron chi connectivity index (χ4n) is 3.45. The van der Waals surface area contributed by atoms with Crippen LogP contribution >= 0.6 is 0 Å². The van der Waals surface area contributed by atoms with E-state index in [0.29, 0.717) is 0 Å². The Morgan fingerprint density at radius 3 is 3.11 bits per heavy atom. The van der Waals surface area contributed by atoms with Crippen molar-refractivity contribution in [1.82, 2.24) is 15.2 Å². The molecule has 1 saturated carbocycles. The molecule has 0 aromatic carbocycles. The zero-order valence-electron chi connectivity index (χ0n) is 11.2. The van der Waals surface area contributed by atoms with Crippen molar-refractivity contribution in [3.8, 4) is 0 Å². The Balaban J connectivity index is 1.68. The maximum absolute atomic E-state index is 4.60. The summed E-state index contributed by atoms with van der Waals surface area (Å²) in [4.78, 5) is 7.24. The van der Waals surface area contributed by atoms with Crippen LogP contribution in [0.15, 0.2) is 18.3 Å². The van der Waals surface area contributed by atoms with Gasteiger partial charge in [0.1, 0.15) is 0 Å². The summed E-state index contributed by atoms with van der Waals surface area (Å²) < 4.78 is 0. The van der Waals surface area contributed by atoms with Gasteiger partial charge >= 0.3 is 0 Å². The van der Waals surface area contributed by atoms with Crippen molar-refractivity contribution in [2.45, 2.75) is 45.3 Å². The van der Waals surface area contributed by atoms with Crippen LogP contribution in [0.5, 0.6) is 0 Å². The summed E-state index contributed by atoms with van der Waals surface area (Å²) in [7, 11) is 0. The summed E-state index contributed by atoms with van der Waals surface area (Å²) in [5, 5.41) is 3.41. The van der Waals surface area contributed by atoms with E-state index in [9.17, 15) is 0 Å². The fraction of sp³-hybridized carbons (Fsp3) is 0.667. The third-order valence-electron chi connectivity index (χ3n) is 4.43. The Morgan fingerprint density at radius 1 is 1.44 bits per heavy atom. The molecule has 0 amide bonds. The van der Waals surface area contributed by atoms with Gasteiger partial charge in [0.15, 0.2) is 0 Å². The summed E-state index contributed by atoms with van der Waals surface area (Å²) in [5.41, 5.74) is 2.63. The van der Waals surface area contributed by atoms with E-state index in [-0.39, 0.29) is 0 Å². The number of likely N-dealkylation sites (tertiary alicyclic amines) is 1. The van der Waals surface area contributed by atoms with E-state index < -0.39 is 0 Å². The molecule has 2 atom stereocenters. The van der Waals surface area contributed by atoms with E-state index in [1.807, 2.05) is 12.3 Å². The molecule has 2 heterocycles. The zero-order chi connectivity index (χ0) is 12.4. The number of hydrogen-bond donors (Lipinski definition) is 1. The topological polar surface area (TPSA) is 28.2 Å². The molecular weight excluding hydrogens is 222 g/mol. The van der Waals surface area contributed by atoms with Gasteiger partial charge < -0.3 is 5.32 Å². The molecule has 2 aliphatic rings. The van der Waals surface area contributed by atoms with E-state index >= 15 is 0 Å². The highest BCUT2D eigenvalue weighted by atomic mass is 15.2. The number of pyridine rings is 1. The average molecular weight is 245 g/mol. The molecule has 0 spiro atoms. The van der Waals surface area contributed by atoms with Gasteiger partial charge in [-0.3, -0.25) is 9.88 Å². The summed E-state index contributed by atoms with van der Waals surface area (Å²) in [6, 6.07) is 5.09. The largest absolute Gasteiger partial charge is 0.313 e. The summed E-state index contributed by atoms with van der Waals surface area (Å²) in [6.45, 7) is 6.45. The first kappa shape index (κ1) is 12.1. The second-order valence-electron chi connectivity index (χ2n) is 5.65. The number of piperidine rings is 1. The lowest BCUT2D eigenvalue weighted by Crippen LogP contribution is -2.32. The second-order valence-corrected chi connectivity index (χ2v) is 5.65. The van der Waals surface area contributed by atoms with Gasteiger partial charge in [-0.1, -0.05) is 13.0 Å². The van der Waals surface area contributed by atoms with Crippen LogP contribution in [0.25, 0.3) is 0 Å². The van der Waals surface area contributed by atoms with Gasteiger partial charge in [0, 0.05) is 31.9 Å². The van der Waals surface area contributed by atoms with Crippen LogP contribution in [0, 0.1) is 5.92 Å². The van der Waals surface area contributed by atoms with Crippen LogP contribution in [-0.4, -0.2) is 29.0 Å². The zero-order valence-corrected chi connectivity index (χ0v) is 11.2. The van der Waals surface area contributed by atoms with Crippen LogP contribution in [0.3, 0.4) is 0 Å². The predicted octanol–water partition coefficient (Wildman–Crippen LogP) is 2.18. The lowest BCUT2D eigenvalue weighted by atomic mass is 10.1. The Hall–Kier alpha value is -0.930. The van der Waals surface area contributed by atoms with E-state index in [0.717, 1.165) is 31.6 Å². The summed E-state index contributed by atoms with van der Waals surface area (Å²) in [6.07, 6.45) is 6.21. The number of aromatic nitrogens is 1. The maximum atomic E-state index is 4.60. The van der Waals surface area contributed by atoms with Crippen LogP contribution in [0.4, 0.5) is 0 Å². The SMILES string of the molecule is CCNCc1cccnc1CN1CC2CCC1C2. The van der Waals surface area contributed by atoms with E-state index in [4.69, 9.17) is 0 Å². The average Bonchev–Trinajstić information content (AvgIpc) is 3.00. The van der Waals surface area contributed by atoms with Crippen molar-refractivity contribution in [2.75, 3.05) is 13.1 Å². The molecule has 1 N–H and O–H groups in total. The molecule has 3 nitrogen and oxygen atoms in total. The van der Waals surface area contributed by atoms with Gasteiger partial charge in [0.25, 0.3) is 0 Å². The van der Waals surface area contributed by atoms with Gasteiger partial charge in [-0.25, -0.2) is 0 Å². The fourth-order valence-corrected chi connectivity index (χ4v) is 3.45. The van der Waals surface area contributed by atoms with Gasteiger partial charge in [-0.2, -0.15) is 0 Å². The number of nitrogens with one attached hydrogen (secondary N) is 1. The normalized spacial score (nSPS) is 26.9. The smallest absolute Gasteiger partial charge is 0.0588 e. The molecule has 1 aromatic heterocycles. The minimum Gasteiger partial charge on any atom is -0.313 e. The molecule has 3 heteroatoms. The molecule has 0 radical (unpaired) electrons. The van der Waals surface area contributed by atoms with Crippen LogP contribution in [0.2, 0.25) is 0 Å². The highest BCUT2D eigenvalue weighted by Crippen LogP contribution is 2.38. The van der Waals surface area contributed by atoms with Crippen molar-refractivity contribution in [3.05, 3.63) is 29.6 Å². The van der Waals surface area contributed by atoms with Crippen molar-refractivity contribution >= 4 is 0 Å². The minimum absolute atomic E-state index is 0.837. The standard InChI is InChI=1S/C15H23N3/c1-2-16-9-13-4-3-7-17-15(13)11-18-10-12-5-6-14(18)8-12/h3-4,7,12,14,16H,2,5-6,8-11H2,1H3. The molecule has 1 aliphatic heterocycles. The van der Waals surface area contributed by atoms with E-state index in [1.54, 1.807) is 0 Å². The summed E-state index contributed by atoms with van der Waals surface area (Å²) in [5.74, 6) is 0.968. The van der Waals surface area contributed by atoms with Crippen molar-refractivity contribution in [1.29, 1.82) is 0 Å². The third kappa shape index (κ3) is 2.43. The van der Waals surface area contributed by atoms with Crippen molar-refractivity contribution < 1.29 is 0 Å². The molecule has 2 bridgehead atoms. The molecule has 18 heavy (non-hydrogen) atoms. The molecule has 3 rings (SSSR count). The number of nitrogens with zero attached hydrogens (tertiary/aromatic N) is 2. The first-order valence-corrected chi connectivity index (χ1v) is 7.24. The lowest BCUT2D eigenvalue weighted by Gasteiger charge is -2.27. The summed E-state index contributed by atoms with van der Waals surface area (Å²) >= 11 is 0. The highest BCUT2D eigenvalue weighted by Gasteiger charge is 2.37. The van der Waals surface area contributed by atoms with Gasteiger partial charge in [0.2, 0.25) is 0 Å². The van der Waals surface area contributed by atoms with Crippen LogP contribution in [0.1, 0.15) is 37.4 Å². The maximum Gasteiger partial charge on any atom is 0.0588 e. The molecule has 2 unspecified atom stereocenters. The molecule has 2 fully saturated rings. The minimum atomic E-state index is 0.837.